The molecule has 0 saturated carbocycles. The number of rotatable bonds is 3. The Morgan fingerprint density at radius 3 is 2.68 bits per heavy atom. The topological polar surface area (TPSA) is 84.6 Å². The highest BCUT2D eigenvalue weighted by Crippen LogP contribution is 2.24. The first-order valence-electron chi connectivity index (χ1n) is 5.90. The summed E-state index contributed by atoms with van der Waals surface area (Å²) in [6.07, 6.45) is -1.73. The van der Waals surface area contributed by atoms with Gasteiger partial charge in [-0.1, -0.05) is 0 Å². The summed E-state index contributed by atoms with van der Waals surface area (Å²) in [6, 6.07) is 3.66. The second kappa shape index (κ2) is 5.99. The SMILES string of the molecule is CC(C)(C)OC(=O)Nc1ccc(F)cc1C(O)CN. The molecule has 5 nitrogen and oxygen atoms in total. The molecule has 0 heterocycles. The average molecular weight is 270 g/mol. The fraction of sp³-hybridized carbons (Fsp3) is 0.462. The molecule has 1 rings (SSSR count). The second-order valence-electron chi connectivity index (χ2n) is 5.11. The molecule has 0 aliphatic heterocycles. The Morgan fingerprint density at radius 2 is 2.16 bits per heavy atom. The highest BCUT2D eigenvalue weighted by molar-refractivity contribution is 5.86. The van der Waals surface area contributed by atoms with Gasteiger partial charge < -0.3 is 15.6 Å². The predicted octanol–water partition coefficient (Wildman–Crippen LogP) is 2.16. The Kier molecular flexibility index (Phi) is 4.85. The average Bonchev–Trinajstić information content (AvgIpc) is 2.28. The molecule has 1 atom stereocenters. The molecule has 0 saturated heterocycles. The monoisotopic (exact) mass is 270 g/mol. The maximum absolute atomic E-state index is 13.2. The fourth-order valence-electron chi connectivity index (χ4n) is 1.46. The van der Waals surface area contributed by atoms with E-state index in [1.54, 1.807) is 20.8 Å². The third-order valence-corrected chi connectivity index (χ3v) is 2.23. The van der Waals surface area contributed by atoms with Gasteiger partial charge in [-0.2, -0.15) is 0 Å². The van der Waals surface area contributed by atoms with Crippen LogP contribution in [0.1, 0.15) is 32.4 Å². The number of carbonyl (C=O) groups excluding carboxylic acids is 1. The van der Waals surface area contributed by atoms with Gasteiger partial charge in [0, 0.05) is 12.1 Å². The Labute approximate surface area is 111 Å². The number of amides is 1. The number of nitrogens with two attached hydrogens (primary N) is 1. The lowest BCUT2D eigenvalue weighted by molar-refractivity contribution is 0.0635. The first-order chi connectivity index (χ1) is 8.73. The van der Waals surface area contributed by atoms with E-state index in [1.807, 2.05) is 0 Å². The number of carbonyl (C=O) groups is 1. The number of nitrogens with one attached hydrogen (secondary N) is 1. The summed E-state index contributed by atoms with van der Waals surface area (Å²) in [4.78, 5) is 11.6. The lowest BCUT2D eigenvalue weighted by Crippen LogP contribution is -2.28. The van der Waals surface area contributed by atoms with Crippen molar-refractivity contribution in [2.24, 2.45) is 5.73 Å². The molecule has 0 aliphatic carbocycles. The first kappa shape index (κ1) is 15.4. The number of aliphatic hydroxyl groups excluding tert-OH is 1. The molecule has 106 valence electrons. The van der Waals surface area contributed by atoms with E-state index < -0.39 is 23.6 Å². The molecule has 0 aromatic heterocycles. The van der Waals surface area contributed by atoms with E-state index >= 15 is 0 Å². The van der Waals surface area contributed by atoms with Gasteiger partial charge in [0.15, 0.2) is 0 Å². The summed E-state index contributed by atoms with van der Waals surface area (Å²) >= 11 is 0. The van der Waals surface area contributed by atoms with Crippen LogP contribution < -0.4 is 11.1 Å². The largest absolute Gasteiger partial charge is 0.444 e. The molecule has 19 heavy (non-hydrogen) atoms. The summed E-state index contributed by atoms with van der Waals surface area (Å²) in [7, 11) is 0. The first-order valence-corrected chi connectivity index (χ1v) is 5.90. The highest BCUT2D eigenvalue weighted by atomic mass is 19.1. The number of hydrogen-bond donors (Lipinski definition) is 3. The van der Waals surface area contributed by atoms with Crippen molar-refractivity contribution < 1.29 is 19.0 Å². The van der Waals surface area contributed by atoms with Gasteiger partial charge in [0.05, 0.1) is 11.8 Å². The number of halogens is 1. The highest BCUT2D eigenvalue weighted by Gasteiger charge is 2.19. The normalized spacial score (nSPS) is 12.9. The molecule has 1 aromatic carbocycles. The summed E-state index contributed by atoms with van der Waals surface area (Å²) in [5.41, 5.74) is 5.19. The van der Waals surface area contributed by atoms with Gasteiger partial charge >= 0.3 is 6.09 Å². The van der Waals surface area contributed by atoms with Gasteiger partial charge in [0.2, 0.25) is 0 Å². The van der Waals surface area contributed by atoms with Crippen molar-refractivity contribution in [3.63, 3.8) is 0 Å². The number of hydrogen-bond acceptors (Lipinski definition) is 4. The molecule has 4 N–H and O–H groups in total. The van der Waals surface area contributed by atoms with Gasteiger partial charge in [-0.25, -0.2) is 9.18 Å². The van der Waals surface area contributed by atoms with Gasteiger partial charge in [-0.05, 0) is 39.0 Å². The summed E-state index contributed by atoms with van der Waals surface area (Å²) in [5.74, 6) is -0.516. The molecule has 1 aromatic rings. The van der Waals surface area contributed by atoms with Gasteiger partial charge in [-0.15, -0.1) is 0 Å². The molecule has 1 amide bonds. The van der Waals surface area contributed by atoms with Crippen LogP contribution >= 0.6 is 0 Å². The van der Waals surface area contributed by atoms with Crippen LogP contribution in [0.3, 0.4) is 0 Å². The molecular weight excluding hydrogens is 251 g/mol. The standard InChI is InChI=1S/C13H19FN2O3/c1-13(2,3)19-12(18)16-10-5-4-8(14)6-9(10)11(17)7-15/h4-6,11,17H,7,15H2,1-3H3,(H,16,18). The Morgan fingerprint density at radius 1 is 1.53 bits per heavy atom. The fourth-order valence-corrected chi connectivity index (χ4v) is 1.46. The zero-order valence-corrected chi connectivity index (χ0v) is 11.2. The van der Waals surface area contributed by atoms with Gasteiger partial charge in [0.25, 0.3) is 0 Å². The van der Waals surface area contributed by atoms with Crippen LogP contribution in [-0.4, -0.2) is 23.3 Å². The minimum atomic E-state index is -1.05. The molecule has 0 aliphatic rings. The van der Waals surface area contributed by atoms with E-state index in [9.17, 15) is 14.3 Å². The number of ether oxygens (including phenoxy) is 1. The van der Waals surface area contributed by atoms with E-state index in [-0.39, 0.29) is 17.8 Å². The molecule has 0 radical (unpaired) electrons. The van der Waals surface area contributed by atoms with Crippen molar-refractivity contribution in [1.29, 1.82) is 0 Å². The van der Waals surface area contributed by atoms with Crippen LogP contribution in [0.4, 0.5) is 14.9 Å². The minimum absolute atomic E-state index is 0.0769. The molecule has 0 spiro atoms. The summed E-state index contributed by atoms with van der Waals surface area (Å²) in [6.45, 7) is 5.11. The second-order valence-corrected chi connectivity index (χ2v) is 5.11. The maximum Gasteiger partial charge on any atom is 0.412 e. The van der Waals surface area contributed by atoms with Crippen molar-refractivity contribution in [3.8, 4) is 0 Å². The summed E-state index contributed by atoms with van der Waals surface area (Å²) in [5, 5.41) is 12.2. The molecule has 6 heteroatoms. The van der Waals surface area contributed by atoms with E-state index in [1.165, 1.54) is 12.1 Å². The van der Waals surface area contributed by atoms with Crippen molar-refractivity contribution in [3.05, 3.63) is 29.6 Å². The Bertz CT molecular complexity index is 458. The van der Waals surface area contributed by atoms with Crippen LogP contribution in [0.15, 0.2) is 18.2 Å². The van der Waals surface area contributed by atoms with E-state index in [2.05, 4.69) is 5.32 Å². The van der Waals surface area contributed by atoms with Crippen molar-refractivity contribution in [1.82, 2.24) is 0 Å². The van der Waals surface area contributed by atoms with Crippen LogP contribution in [-0.2, 0) is 4.74 Å². The summed E-state index contributed by atoms with van der Waals surface area (Å²) < 4.78 is 18.2. The predicted molar refractivity (Wildman–Crippen MR) is 70.3 cm³/mol. The number of benzene rings is 1. The zero-order chi connectivity index (χ0) is 14.6. The minimum Gasteiger partial charge on any atom is -0.444 e. The van der Waals surface area contributed by atoms with Crippen molar-refractivity contribution in [2.45, 2.75) is 32.5 Å². The van der Waals surface area contributed by atoms with Crippen LogP contribution in [0.5, 0.6) is 0 Å². The lowest BCUT2D eigenvalue weighted by atomic mass is 10.1. The molecule has 0 fully saturated rings. The van der Waals surface area contributed by atoms with E-state index in [0.717, 1.165) is 6.07 Å². The van der Waals surface area contributed by atoms with Crippen molar-refractivity contribution in [2.75, 3.05) is 11.9 Å². The zero-order valence-electron chi connectivity index (χ0n) is 11.2. The van der Waals surface area contributed by atoms with E-state index in [4.69, 9.17) is 10.5 Å². The third-order valence-electron chi connectivity index (χ3n) is 2.23. The van der Waals surface area contributed by atoms with Gasteiger partial charge in [0.1, 0.15) is 11.4 Å². The molecular formula is C13H19FN2O3. The van der Waals surface area contributed by atoms with Crippen LogP contribution in [0.2, 0.25) is 0 Å². The smallest absolute Gasteiger partial charge is 0.412 e. The number of aliphatic hydroxyl groups is 1. The van der Waals surface area contributed by atoms with E-state index in [0.29, 0.717) is 0 Å². The third kappa shape index (κ3) is 4.84. The van der Waals surface area contributed by atoms with Gasteiger partial charge in [-0.3, -0.25) is 5.32 Å². The number of anilines is 1. The van der Waals surface area contributed by atoms with Crippen LogP contribution in [0, 0.1) is 5.82 Å². The quantitative estimate of drug-likeness (QED) is 0.785. The molecule has 1 unspecified atom stereocenters. The lowest BCUT2D eigenvalue weighted by Gasteiger charge is -2.21. The van der Waals surface area contributed by atoms with Crippen LogP contribution in [0.25, 0.3) is 0 Å². The Balaban J connectivity index is 2.91. The molecule has 0 bridgehead atoms. The Hall–Kier alpha value is -1.66. The van der Waals surface area contributed by atoms with Crippen molar-refractivity contribution >= 4 is 11.8 Å². The maximum atomic E-state index is 13.2.